The van der Waals surface area contributed by atoms with E-state index < -0.39 is 11.9 Å². The summed E-state index contributed by atoms with van der Waals surface area (Å²) in [6.45, 7) is 2.09. The van der Waals surface area contributed by atoms with E-state index in [1.54, 1.807) is 18.7 Å². The van der Waals surface area contributed by atoms with Crippen LogP contribution >= 0.6 is 123 Å². The monoisotopic (exact) mass is 1070 g/mol. The number of rotatable bonds is 7. The van der Waals surface area contributed by atoms with Gasteiger partial charge in [-0.1, -0.05) is 0 Å². The van der Waals surface area contributed by atoms with Crippen molar-refractivity contribution in [2.24, 2.45) is 0 Å². The molecule has 0 amide bonds. The first kappa shape index (κ1) is 34.3. The summed E-state index contributed by atoms with van der Waals surface area (Å²) in [7, 11) is 0.628. The van der Waals surface area contributed by atoms with Gasteiger partial charge in [-0.15, -0.1) is 11.8 Å². The Kier molecular flexibility index (Phi) is 23.8. The van der Waals surface area contributed by atoms with E-state index in [-0.39, 0.29) is 26.6 Å². The zero-order chi connectivity index (χ0) is 22.4. The number of hydrogen-bond acceptors (Lipinski definition) is 6. The number of esters is 1. The molecule has 2 rings (SSSR count). The molecule has 2 saturated carbocycles. The van der Waals surface area contributed by atoms with E-state index in [4.69, 9.17) is 9.84 Å². The number of hydrogen-bond donors (Lipinski definition) is 1. The number of carbonyl (C=O) groups is 3. The van der Waals surface area contributed by atoms with E-state index in [1.165, 1.54) is 11.8 Å². The second kappa shape index (κ2) is 19.4. The molecule has 165 valence electrons. The normalized spacial score (nSPS) is 16.6. The van der Waals surface area contributed by atoms with Crippen LogP contribution in [-0.2, 0) is 33.5 Å². The van der Waals surface area contributed by atoms with Crippen LogP contribution in [0.25, 0.3) is 0 Å². The van der Waals surface area contributed by atoms with E-state index in [0.29, 0.717) is 16.1 Å². The molecule has 2 aliphatic rings. The van der Waals surface area contributed by atoms with Crippen LogP contribution in [0.2, 0.25) is 0 Å². The Morgan fingerprint density at radius 2 is 1.39 bits per heavy atom. The van der Waals surface area contributed by atoms with Gasteiger partial charge in [0, 0.05) is 0 Å². The zero-order valence-corrected chi connectivity index (χ0v) is 30.6. The van der Waals surface area contributed by atoms with Gasteiger partial charge in [0.1, 0.15) is 11.2 Å². The molecule has 0 aromatic carbocycles. The minimum atomic E-state index is -0.648. The molecule has 0 spiro atoms. The van der Waals surface area contributed by atoms with Crippen LogP contribution in [0.4, 0.5) is 0 Å². The van der Waals surface area contributed by atoms with E-state index >= 15 is 0 Å². The first-order valence-electron chi connectivity index (χ1n) is 7.73. The number of thioether (sulfide) groups is 2. The van der Waals surface area contributed by atoms with Gasteiger partial charge in [0.05, 0.1) is 11.4 Å². The van der Waals surface area contributed by atoms with Gasteiger partial charge >= 0.3 is 126 Å². The fraction of sp³-hybridized carbons (Fsp3) is 0.786. The Bertz CT molecular complexity index is 492. The first-order chi connectivity index (χ1) is 13.0. The summed E-state index contributed by atoms with van der Waals surface area (Å²) in [5.74, 6) is -1.02. The molecular formula is C14H22I5O5S2V2. The molecule has 0 heterocycles. The van der Waals surface area contributed by atoms with E-state index in [1.807, 2.05) is 12.5 Å². The molecule has 1 N–H and O–H groups in total. The van der Waals surface area contributed by atoms with Gasteiger partial charge in [-0.2, -0.15) is 11.8 Å². The number of Topliss-reactive ketones (excluding diaryl/α,β-unsaturated/α-hetero) is 1. The van der Waals surface area contributed by atoms with Crippen LogP contribution in [0, 0.1) is 0 Å². The number of halogens is 5. The number of carboxylic acids is 1. The summed E-state index contributed by atoms with van der Waals surface area (Å²) in [5, 5.41) is 8.48. The summed E-state index contributed by atoms with van der Waals surface area (Å²) in [6.07, 6.45) is 7.22. The third-order valence-corrected chi connectivity index (χ3v) is 6.48. The van der Waals surface area contributed by atoms with Crippen LogP contribution in [-0.4, -0.2) is 51.4 Å². The quantitative estimate of drug-likeness (QED) is 0.171. The Morgan fingerprint density at radius 1 is 1.04 bits per heavy atom. The average molecular weight is 1070 g/mol. The Balaban J connectivity index is 0. The van der Waals surface area contributed by atoms with Crippen molar-refractivity contribution in [1.82, 2.24) is 0 Å². The van der Waals surface area contributed by atoms with Crippen molar-refractivity contribution in [2.75, 3.05) is 19.1 Å². The Morgan fingerprint density at radius 3 is 1.57 bits per heavy atom. The van der Waals surface area contributed by atoms with Crippen molar-refractivity contribution in [1.29, 1.82) is 0 Å². The van der Waals surface area contributed by atoms with Crippen molar-refractivity contribution < 1.29 is 38.6 Å². The van der Waals surface area contributed by atoms with Crippen LogP contribution in [0.1, 0.15) is 39.0 Å². The maximum atomic E-state index is 11.5. The van der Waals surface area contributed by atoms with E-state index in [2.05, 4.69) is 99.9 Å². The predicted molar refractivity (Wildman–Crippen MR) is 155 cm³/mol. The minimum absolute atomic E-state index is 0.0263. The van der Waals surface area contributed by atoms with Gasteiger partial charge in [-0.25, -0.2) is 0 Å². The number of carboxylic acid groups (broad SMARTS) is 1. The fourth-order valence-corrected chi connectivity index (χ4v) is 3.33. The SMILES string of the molecule is CCOC(=O)CC(=O)C1(SC)CC1.CSC1(C(=O)O)CC1.[I][V]([I])[I].[I][V][I]. The molecule has 0 aromatic heterocycles. The van der Waals surface area contributed by atoms with Gasteiger partial charge in [0.2, 0.25) is 0 Å². The van der Waals surface area contributed by atoms with Crippen molar-refractivity contribution in [3.63, 3.8) is 0 Å². The molecule has 28 heavy (non-hydrogen) atoms. The topological polar surface area (TPSA) is 80.7 Å². The van der Waals surface area contributed by atoms with Gasteiger partial charge < -0.3 is 9.84 Å². The first-order valence-corrected chi connectivity index (χ1v) is 32.7. The van der Waals surface area contributed by atoms with Crippen LogP contribution in [0.5, 0.6) is 0 Å². The van der Waals surface area contributed by atoms with E-state index in [0.717, 1.165) is 25.7 Å². The Hall–Kier alpha value is 4.13. The van der Waals surface area contributed by atoms with Gasteiger partial charge in [0.15, 0.2) is 5.78 Å². The third-order valence-electron chi connectivity index (χ3n) is 3.70. The predicted octanol–water partition coefficient (Wildman–Crippen LogP) is 6.79. The number of aliphatic carboxylic acids is 1. The number of carbonyl (C=O) groups excluding carboxylic acids is 2. The summed E-state index contributed by atoms with van der Waals surface area (Å²) in [4.78, 5) is 32.5. The Labute approximate surface area is 242 Å². The average Bonchev–Trinajstić information content (AvgIpc) is 3.49. The molecule has 0 bridgehead atoms. The summed E-state index contributed by atoms with van der Waals surface area (Å²) in [6, 6.07) is 0. The molecule has 2 fully saturated rings. The van der Waals surface area contributed by atoms with Crippen LogP contribution in [0.3, 0.4) is 0 Å². The summed E-state index contributed by atoms with van der Waals surface area (Å²) >= 11 is 15.1. The zero-order valence-electron chi connectivity index (χ0n) is 15.4. The molecule has 0 radical (unpaired) electrons. The van der Waals surface area contributed by atoms with Crippen LogP contribution < -0.4 is 0 Å². The molecule has 0 unspecified atom stereocenters. The maximum absolute atomic E-state index is 11.5. The molecule has 14 heteroatoms. The molecular weight excluding hydrogens is 1050 g/mol. The molecule has 0 aliphatic heterocycles. The molecule has 2 aliphatic carbocycles. The van der Waals surface area contributed by atoms with Crippen molar-refractivity contribution in [3.05, 3.63) is 0 Å². The number of ether oxygens (including phenoxy) is 1. The second-order valence-electron chi connectivity index (χ2n) is 5.36. The van der Waals surface area contributed by atoms with Gasteiger partial charge in [-0.05, 0) is 45.1 Å². The molecule has 0 atom stereocenters. The van der Waals surface area contributed by atoms with Crippen molar-refractivity contribution in [2.45, 2.75) is 48.5 Å². The van der Waals surface area contributed by atoms with Crippen LogP contribution in [0.15, 0.2) is 0 Å². The van der Waals surface area contributed by atoms with Gasteiger partial charge in [0.25, 0.3) is 0 Å². The standard InChI is InChI=1S/C9H14O3S.C5H8O2S.5HI.2V/c1-3-12-8(11)6-7(10)9(13-2)4-5-9;1-8-5(2-3-5)4(6)7;;;;;;;/h3-6H2,1-2H3;2-3H2,1H3,(H,6,7);5*1H;;/q;;;;;;;+2;+3/p-5. The summed E-state index contributed by atoms with van der Waals surface area (Å²) < 4.78 is 4.09. The fourth-order valence-electron chi connectivity index (χ4n) is 1.83. The van der Waals surface area contributed by atoms with Crippen molar-refractivity contribution in [3.8, 4) is 0 Å². The third kappa shape index (κ3) is 16.7. The molecule has 0 saturated heterocycles. The van der Waals surface area contributed by atoms with E-state index in [9.17, 15) is 14.4 Å². The van der Waals surface area contributed by atoms with Gasteiger partial charge in [-0.3, -0.25) is 14.4 Å². The second-order valence-corrected chi connectivity index (χ2v) is 54.9. The van der Waals surface area contributed by atoms with Crippen molar-refractivity contribution >= 4 is 141 Å². The number of ketones is 1. The summed E-state index contributed by atoms with van der Waals surface area (Å²) in [5.41, 5.74) is 0. The molecule has 0 aromatic rings. The molecule has 5 nitrogen and oxygen atoms in total.